The third-order valence-electron chi connectivity index (χ3n) is 8.32. The molecule has 0 saturated heterocycles. The zero-order chi connectivity index (χ0) is 34.5. The third kappa shape index (κ3) is 7.59. The molecule has 2 aliphatic heterocycles. The number of Topliss-reactive ketones (excluding diaryl/α,β-unsaturated/α-hetero) is 1. The second-order valence-corrected chi connectivity index (χ2v) is 11.8. The predicted octanol–water partition coefficient (Wildman–Crippen LogP) is 6.38. The second-order valence-electron chi connectivity index (χ2n) is 11.8. The molecule has 4 aromatic heterocycles. The minimum Gasteiger partial charge on any atom is -0.323 e. The van der Waals surface area contributed by atoms with E-state index in [2.05, 4.69) is 30.8 Å². The number of pyridine rings is 2. The molecule has 4 N–H and O–H groups in total. The van der Waals surface area contributed by atoms with Crippen molar-refractivity contribution in [1.82, 2.24) is 29.5 Å². The molecule has 0 radical (unpaired) electrons. The highest BCUT2D eigenvalue weighted by atomic mass is 19.3. The van der Waals surface area contributed by atoms with Gasteiger partial charge in [-0.1, -0.05) is 20.3 Å². The van der Waals surface area contributed by atoms with E-state index in [-0.39, 0.29) is 70.4 Å². The van der Waals surface area contributed by atoms with Gasteiger partial charge in [-0.2, -0.15) is 27.8 Å². The first-order valence-corrected chi connectivity index (χ1v) is 15.5. The molecule has 2 amide bonds. The van der Waals surface area contributed by atoms with Crippen LogP contribution in [-0.4, -0.2) is 47.1 Å². The minimum absolute atomic E-state index is 0.0579. The average Bonchev–Trinajstić information content (AvgIpc) is 3.68. The van der Waals surface area contributed by atoms with Crippen LogP contribution in [0.15, 0.2) is 49.1 Å². The van der Waals surface area contributed by atoms with Gasteiger partial charge in [0.2, 0.25) is 11.8 Å². The number of alkyl halides is 4. The van der Waals surface area contributed by atoms with Crippen LogP contribution in [0.1, 0.15) is 87.7 Å². The number of fused-ring (bicyclic) bond motifs is 8. The quantitative estimate of drug-likeness (QED) is 0.207. The molecule has 0 aromatic carbocycles. The van der Waals surface area contributed by atoms with Gasteiger partial charge in [0.1, 0.15) is 5.69 Å². The standard InChI is InChI=1S/C16H19F2N5O.C16H16F2N4O2/c1-9-3-2-4-11(19)12-7-10(5-6-20-12)14-13(22-15(9)24)8-21-23(14)16(17)18;1-9-3-2-4-13(23)11-7-10(5-6-19-11)14-12(21-15(9)24)8-20-22(14)16(17)18/h5-9,11,16H,2-4,19H2,1H3,(H,22,24);5-9,16H,2-4H2,1H3,(H,21,24)/t9-,11+;9-/m11/s1. The number of rotatable bonds is 2. The maximum Gasteiger partial charge on any atom is 0.333 e. The van der Waals surface area contributed by atoms with Gasteiger partial charge in [-0.05, 0) is 49.9 Å². The van der Waals surface area contributed by atoms with Crippen molar-refractivity contribution in [3.05, 3.63) is 60.4 Å². The monoisotopic (exact) mass is 669 g/mol. The van der Waals surface area contributed by atoms with Gasteiger partial charge in [-0.3, -0.25) is 24.4 Å². The summed E-state index contributed by atoms with van der Waals surface area (Å²) >= 11 is 0. The van der Waals surface area contributed by atoms with Crippen molar-refractivity contribution in [2.45, 2.75) is 71.5 Å². The number of nitrogens with zero attached hydrogens (tertiary/aromatic N) is 6. The van der Waals surface area contributed by atoms with Gasteiger partial charge in [-0.15, -0.1) is 0 Å². The minimum atomic E-state index is -2.87. The Morgan fingerprint density at radius 1 is 0.771 bits per heavy atom. The molecule has 0 saturated carbocycles. The maximum atomic E-state index is 13.3. The number of hydrogen-bond acceptors (Lipinski definition) is 8. The molecule has 0 aliphatic carbocycles. The average molecular weight is 670 g/mol. The van der Waals surface area contributed by atoms with E-state index >= 15 is 0 Å². The topological polar surface area (TPSA) is 163 Å². The summed E-state index contributed by atoms with van der Waals surface area (Å²) in [5.74, 6) is -1.26. The van der Waals surface area contributed by atoms with Gasteiger partial charge < -0.3 is 16.4 Å². The summed E-state index contributed by atoms with van der Waals surface area (Å²) < 4.78 is 54.3. The number of amides is 2. The molecule has 4 aromatic rings. The zero-order valence-electron chi connectivity index (χ0n) is 26.2. The number of nitrogens with one attached hydrogen (secondary N) is 2. The molecule has 0 spiro atoms. The van der Waals surface area contributed by atoms with Gasteiger partial charge in [0, 0.05) is 47.8 Å². The molecular weight excluding hydrogens is 634 g/mol. The number of aromatic nitrogens is 6. The van der Waals surface area contributed by atoms with Crippen molar-refractivity contribution in [2.24, 2.45) is 17.6 Å². The summed E-state index contributed by atoms with van der Waals surface area (Å²) in [4.78, 5) is 45.0. The van der Waals surface area contributed by atoms with Crippen LogP contribution in [0.5, 0.6) is 0 Å². The third-order valence-corrected chi connectivity index (χ3v) is 8.32. The van der Waals surface area contributed by atoms with Crippen molar-refractivity contribution < 1.29 is 31.9 Å². The lowest BCUT2D eigenvalue weighted by Gasteiger charge is -2.18. The Morgan fingerprint density at radius 2 is 1.29 bits per heavy atom. The van der Waals surface area contributed by atoms with Crippen LogP contribution in [0.2, 0.25) is 0 Å². The number of carbonyl (C=O) groups excluding carboxylic acids is 3. The normalized spacial score (nSPS) is 20.1. The number of hydrogen-bond donors (Lipinski definition) is 3. The number of anilines is 2. The number of carbonyl (C=O) groups is 3. The van der Waals surface area contributed by atoms with Crippen molar-refractivity contribution in [3.63, 3.8) is 0 Å². The van der Waals surface area contributed by atoms with Gasteiger partial charge in [0.25, 0.3) is 0 Å². The molecule has 48 heavy (non-hydrogen) atoms. The van der Waals surface area contributed by atoms with E-state index in [9.17, 15) is 31.9 Å². The van der Waals surface area contributed by atoms with Gasteiger partial charge in [-0.25, -0.2) is 9.36 Å². The molecule has 0 fully saturated rings. The molecule has 0 unspecified atom stereocenters. The van der Waals surface area contributed by atoms with E-state index in [4.69, 9.17) is 5.73 Å². The van der Waals surface area contributed by atoms with Crippen molar-refractivity contribution >= 4 is 29.0 Å². The van der Waals surface area contributed by atoms with Crippen molar-refractivity contribution in [1.29, 1.82) is 0 Å². The number of ketones is 1. The van der Waals surface area contributed by atoms with Crippen LogP contribution in [-0.2, 0) is 9.59 Å². The lowest BCUT2D eigenvalue weighted by Crippen LogP contribution is -2.22. The first-order chi connectivity index (χ1) is 22.9. The summed E-state index contributed by atoms with van der Waals surface area (Å²) in [7, 11) is 0. The van der Waals surface area contributed by atoms with E-state index in [0.717, 1.165) is 6.42 Å². The molecule has 6 heterocycles. The fraction of sp³-hybridized carbons (Fsp3) is 0.406. The van der Waals surface area contributed by atoms with Gasteiger partial charge >= 0.3 is 13.1 Å². The molecule has 2 aliphatic rings. The van der Waals surface area contributed by atoms with E-state index < -0.39 is 13.1 Å². The molecule has 16 heteroatoms. The van der Waals surface area contributed by atoms with Crippen LogP contribution in [0.25, 0.3) is 22.5 Å². The van der Waals surface area contributed by atoms with E-state index in [1.807, 2.05) is 0 Å². The Balaban J connectivity index is 0.000000188. The van der Waals surface area contributed by atoms with Crippen LogP contribution in [0.4, 0.5) is 28.9 Å². The Kier molecular flexibility index (Phi) is 10.6. The predicted molar refractivity (Wildman–Crippen MR) is 168 cm³/mol. The molecule has 3 atom stereocenters. The summed E-state index contributed by atoms with van der Waals surface area (Å²) in [6.07, 6.45) is 8.83. The van der Waals surface area contributed by atoms with Crippen LogP contribution >= 0.6 is 0 Å². The lowest BCUT2D eigenvalue weighted by molar-refractivity contribution is -0.120. The van der Waals surface area contributed by atoms with Crippen LogP contribution in [0.3, 0.4) is 0 Å². The van der Waals surface area contributed by atoms with E-state index in [1.165, 1.54) is 36.9 Å². The highest BCUT2D eigenvalue weighted by Gasteiger charge is 2.26. The summed E-state index contributed by atoms with van der Waals surface area (Å²) in [5, 5.41) is 12.8. The maximum absolute atomic E-state index is 13.3. The molecule has 6 rings (SSSR count). The van der Waals surface area contributed by atoms with Crippen molar-refractivity contribution in [2.75, 3.05) is 10.6 Å². The largest absolute Gasteiger partial charge is 0.333 e. The Hall–Kier alpha value is -4.99. The summed E-state index contributed by atoms with van der Waals surface area (Å²) in [5.41, 5.74) is 8.54. The molecule has 12 nitrogen and oxygen atoms in total. The lowest BCUT2D eigenvalue weighted by atomic mass is 9.97. The summed E-state index contributed by atoms with van der Waals surface area (Å²) in [6, 6.07) is 5.96. The fourth-order valence-electron chi connectivity index (χ4n) is 5.57. The summed E-state index contributed by atoms with van der Waals surface area (Å²) in [6.45, 7) is -2.15. The first kappa shape index (κ1) is 34.3. The van der Waals surface area contributed by atoms with E-state index in [0.29, 0.717) is 51.9 Å². The Morgan fingerprint density at radius 3 is 1.85 bits per heavy atom. The van der Waals surface area contributed by atoms with Crippen LogP contribution in [0, 0.1) is 11.8 Å². The zero-order valence-corrected chi connectivity index (χ0v) is 26.2. The molecule has 254 valence electrons. The number of nitrogens with two attached hydrogens (primary N) is 1. The highest BCUT2D eigenvalue weighted by Crippen LogP contribution is 2.34. The SMILES string of the molecule is C[C@@H]1CCCC(=O)c2cc(ccn2)-c2c(cnn2C(F)F)NC1=O.C[C@@H]1CCC[C@H](N)c2cc(ccn2)-c2c(cnn2C(F)F)NC1=O. The smallest absolute Gasteiger partial charge is 0.323 e. The first-order valence-electron chi connectivity index (χ1n) is 15.5. The molecule has 4 bridgehead atoms. The Labute approximate surface area is 273 Å². The fourth-order valence-corrected chi connectivity index (χ4v) is 5.57. The van der Waals surface area contributed by atoms with E-state index in [1.54, 1.807) is 26.0 Å². The Bertz CT molecular complexity index is 1790. The van der Waals surface area contributed by atoms with Gasteiger partial charge in [0.15, 0.2) is 5.78 Å². The molecular formula is C32H35F4N9O3. The second kappa shape index (κ2) is 14.8. The van der Waals surface area contributed by atoms with Crippen LogP contribution < -0.4 is 16.4 Å². The van der Waals surface area contributed by atoms with Crippen molar-refractivity contribution in [3.8, 4) is 22.5 Å². The van der Waals surface area contributed by atoms with Gasteiger partial charge in [0.05, 0.1) is 40.9 Å². The number of halogens is 4. The highest BCUT2D eigenvalue weighted by molar-refractivity contribution is 5.98.